The number of rotatable bonds is 9. The molecule has 0 spiro atoms. The van der Waals surface area contributed by atoms with Gasteiger partial charge in [0, 0.05) is 26.4 Å². The van der Waals surface area contributed by atoms with Crippen LogP contribution in [0, 0.1) is 6.92 Å². The van der Waals surface area contributed by atoms with E-state index in [1.807, 2.05) is 0 Å². The number of thiazole rings is 1. The van der Waals surface area contributed by atoms with Crippen molar-refractivity contribution in [2.45, 2.75) is 70.8 Å². The number of aliphatic hydroxyl groups excluding tert-OH is 1. The van der Waals surface area contributed by atoms with Crippen LogP contribution in [0.4, 0.5) is 13.2 Å². The van der Waals surface area contributed by atoms with Crippen molar-refractivity contribution in [3.63, 3.8) is 0 Å². The fourth-order valence-electron chi connectivity index (χ4n) is 2.08. The fourth-order valence-corrected chi connectivity index (χ4v) is 3.09. The summed E-state index contributed by atoms with van der Waals surface area (Å²) in [6.45, 7) is 5.82. The summed E-state index contributed by atoms with van der Waals surface area (Å²) >= 11 is 1.78. The normalized spacial score (nSPS) is 12.0. The highest BCUT2D eigenvalue weighted by Gasteiger charge is 2.36. The smallest absolute Gasteiger partial charge is 0.485 e. The quantitative estimate of drug-likeness (QED) is 0.296. The number of nitrogens with zero attached hydrogens (tertiary/aromatic N) is 1. The molecule has 0 aliphatic carbocycles. The Labute approximate surface area is 151 Å². The number of alkyl halides is 3. The van der Waals surface area contributed by atoms with Gasteiger partial charge in [0.25, 0.3) is 0 Å². The lowest BCUT2D eigenvalue weighted by molar-refractivity contribution is -0.698. The Balaban J connectivity index is 0.000000609. The summed E-state index contributed by atoms with van der Waals surface area (Å²) in [5.74, 6) is 0. The average Bonchev–Trinajstić information content (AvgIpc) is 2.83. The highest BCUT2D eigenvalue weighted by atomic mass is 32.2. The first-order chi connectivity index (χ1) is 11.5. The van der Waals surface area contributed by atoms with E-state index in [9.17, 15) is 13.2 Å². The largest absolute Gasteiger partial charge is 0.741 e. The minimum Gasteiger partial charge on any atom is -0.741 e. The number of hydrogen-bond acceptors (Lipinski definition) is 5. The van der Waals surface area contributed by atoms with Gasteiger partial charge in [0.05, 0.1) is 4.88 Å². The van der Waals surface area contributed by atoms with Crippen LogP contribution in [0.1, 0.15) is 56.0 Å². The molecule has 0 saturated carbocycles. The Morgan fingerprint density at radius 3 is 2.20 bits per heavy atom. The van der Waals surface area contributed by atoms with Gasteiger partial charge in [-0.1, -0.05) is 43.9 Å². The van der Waals surface area contributed by atoms with E-state index in [2.05, 4.69) is 23.9 Å². The van der Waals surface area contributed by atoms with Crippen molar-refractivity contribution in [2.24, 2.45) is 0 Å². The van der Waals surface area contributed by atoms with E-state index < -0.39 is 15.6 Å². The molecule has 1 aromatic heterocycles. The molecule has 0 saturated heterocycles. The van der Waals surface area contributed by atoms with Crippen molar-refractivity contribution in [1.82, 2.24) is 0 Å². The number of aliphatic hydroxyl groups is 1. The molecule has 1 aromatic rings. The second kappa shape index (κ2) is 11.8. The van der Waals surface area contributed by atoms with Gasteiger partial charge in [0.1, 0.15) is 6.54 Å². The zero-order valence-corrected chi connectivity index (χ0v) is 16.1. The topological polar surface area (TPSA) is 81.3 Å². The van der Waals surface area contributed by atoms with Gasteiger partial charge in [-0.3, -0.25) is 0 Å². The number of halogens is 3. The van der Waals surface area contributed by atoms with Crippen LogP contribution >= 0.6 is 11.3 Å². The monoisotopic (exact) mass is 405 g/mol. The Morgan fingerprint density at radius 2 is 1.72 bits per heavy atom. The van der Waals surface area contributed by atoms with Crippen LogP contribution < -0.4 is 4.57 Å². The Bertz CT molecular complexity index is 586. The van der Waals surface area contributed by atoms with Crippen molar-refractivity contribution < 1.29 is 35.8 Å². The molecular weight excluding hydrogens is 379 g/mol. The van der Waals surface area contributed by atoms with E-state index in [0.29, 0.717) is 0 Å². The van der Waals surface area contributed by atoms with Gasteiger partial charge in [-0.05, 0) is 6.42 Å². The molecular formula is C15H26F3NO4S2. The maximum absolute atomic E-state index is 10.7. The first-order valence-corrected chi connectivity index (χ1v) is 10.4. The highest BCUT2D eigenvalue weighted by Crippen LogP contribution is 2.20. The maximum Gasteiger partial charge on any atom is 0.485 e. The van der Waals surface area contributed by atoms with Gasteiger partial charge in [-0.25, -0.2) is 8.42 Å². The summed E-state index contributed by atoms with van der Waals surface area (Å²) < 4.78 is 61.2. The van der Waals surface area contributed by atoms with E-state index in [-0.39, 0.29) is 6.61 Å². The summed E-state index contributed by atoms with van der Waals surface area (Å²) in [4.78, 5) is 1.33. The van der Waals surface area contributed by atoms with Crippen molar-refractivity contribution in [1.29, 1.82) is 0 Å². The van der Waals surface area contributed by atoms with E-state index >= 15 is 0 Å². The summed E-state index contributed by atoms with van der Waals surface area (Å²) in [5.41, 5.74) is -2.10. The molecule has 0 aliphatic heterocycles. The average molecular weight is 406 g/mol. The van der Waals surface area contributed by atoms with E-state index in [1.54, 1.807) is 11.3 Å². The van der Waals surface area contributed by atoms with Crippen LogP contribution in [0.5, 0.6) is 0 Å². The predicted octanol–water partition coefficient (Wildman–Crippen LogP) is 3.29. The molecule has 25 heavy (non-hydrogen) atoms. The summed E-state index contributed by atoms with van der Waals surface area (Å²) in [6, 6.07) is 0. The molecule has 0 bridgehead atoms. The molecule has 0 aliphatic rings. The molecule has 0 aromatic carbocycles. The summed E-state index contributed by atoms with van der Waals surface area (Å²) in [6.07, 6.45) is 8.90. The zero-order chi connectivity index (χ0) is 19.5. The fraction of sp³-hybridized carbons (Fsp3) is 0.800. The number of aryl methyl sites for hydroxylation is 1. The number of hydrogen-bond donors (Lipinski definition) is 1. The highest BCUT2D eigenvalue weighted by molar-refractivity contribution is 7.86. The molecule has 0 fully saturated rings. The van der Waals surface area contributed by atoms with E-state index in [0.717, 1.165) is 13.0 Å². The first-order valence-electron chi connectivity index (χ1n) is 8.14. The third-order valence-corrected chi connectivity index (χ3v) is 5.24. The lowest BCUT2D eigenvalue weighted by Gasteiger charge is -2.08. The predicted molar refractivity (Wildman–Crippen MR) is 89.2 cm³/mol. The third kappa shape index (κ3) is 10.1. The minimum atomic E-state index is -6.09. The molecule has 0 radical (unpaired) electrons. The van der Waals surface area contributed by atoms with Gasteiger partial charge < -0.3 is 9.66 Å². The Kier molecular flexibility index (Phi) is 11.5. The standard InChI is InChI=1S/C14H26NOS.CHF3O3S/c1-3-4-5-6-7-8-10-15-12-17-14(9-11-16)13(15)2;2-1(3,4)8(5,6)7/h12,16H,3-11H2,1-2H3;(H,5,6,7)/q+1;/p-1. The second-order valence-electron chi connectivity index (χ2n) is 5.57. The SMILES string of the molecule is CCCCCCCC[n+]1csc(CCO)c1C.O=S(=O)([O-])C(F)(F)F. The van der Waals surface area contributed by atoms with Crippen LogP contribution in [-0.4, -0.2) is 30.2 Å². The molecule has 0 unspecified atom stereocenters. The first kappa shape index (κ1) is 24.3. The molecule has 10 heteroatoms. The van der Waals surface area contributed by atoms with Crippen LogP contribution in [0.15, 0.2) is 5.51 Å². The van der Waals surface area contributed by atoms with Crippen LogP contribution in [0.2, 0.25) is 0 Å². The van der Waals surface area contributed by atoms with Gasteiger partial charge >= 0.3 is 5.51 Å². The van der Waals surface area contributed by atoms with E-state index in [4.69, 9.17) is 18.1 Å². The molecule has 0 amide bonds. The van der Waals surface area contributed by atoms with Crippen molar-refractivity contribution in [3.05, 3.63) is 16.1 Å². The summed E-state index contributed by atoms with van der Waals surface area (Å²) in [7, 11) is -6.09. The third-order valence-electron chi connectivity index (χ3n) is 3.53. The lowest BCUT2D eigenvalue weighted by Crippen LogP contribution is -2.34. The van der Waals surface area contributed by atoms with Crippen molar-refractivity contribution in [3.8, 4) is 0 Å². The number of unbranched alkanes of at least 4 members (excludes halogenated alkanes) is 5. The van der Waals surface area contributed by atoms with Crippen molar-refractivity contribution in [2.75, 3.05) is 6.61 Å². The lowest BCUT2D eigenvalue weighted by atomic mass is 10.1. The molecule has 0 atom stereocenters. The van der Waals surface area contributed by atoms with Gasteiger partial charge in [0.2, 0.25) is 5.51 Å². The molecule has 1 rings (SSSR count). The van der Waals surface area contributed by atoms with Crippen LogP contribution in [0.3, 0.4) is 0 Å². The van der Waals surface area contributed by atoms with Crippen molar-refractivity contribution >= 4 is 21.5 Å². The molecule has 1 N–H and O–H groups in total. The van der Waals surface area contributed by atoms with Gasteiger partial charge in [-0.2, -0.15) is 17.7 Å². The second-order valence-corrected chi connectivity index (χ2v) is 7.88. The maximum atomic E-state index is 10.7. The van der Waals surface area contributed by atoms with Gasteiger partial charge in [0.15, 0.2) is 15.8 Å². The van der Waals surface area contributed by atoms with Gasteiger partial charge in [-0.15, -0.1) is 0 Å². The van der Waals surface area contributed by atoms with E-state index in [1.165, 1.54) is 49.1 Å². The molecule has 1 heterocycles. The Hall–Kier alpha value is -0.710. The Morgan fingerprint density at radius 1 is 1.20 bits per heavy atom. The zero-order valence-electron chi connectivity index (χ0n) is 14.5. The molecule has 5 nitrogen and oxygen atoms in total. The number of aromatic nitrogens is 1. The minimum absolute atomic E-state index is 0.262. The van der Waals surface area contributed by atoms with Crippen LogP contribution in [-0.2, 0) is 23.1 Å². The molecule has 148 valence electrons. The van der Waals surface area contributed by atoms with Crippen LogP contribution in [0.25, 0.3) is 0 Å². The summed E-state index contributed by atoms with van der Waals surface area (Å²) in [5, 5.41) is 8.95.